The van der Waals surface area contributed by atoms with E-state index in [0.717, 1.165) is 16.7 Å². The molecule has 0 saturated carbocycles. The Labute approximate surface area is 93.7 Å². The number of nitrogens with zero attached hydrogens (tertiary/aromatic N) is 1. The molecular weight excluding hydrogens is 240 g/mol. The van der Waals surface area contributed by atoms with Gasteiger partial charge in [0.15, 0.2) is 0 Å². The van der Waals surface area contributed by atoms with Crippen LogP contribution in [0.5, 0.6) is 0 Å². The second-order valence-corrected chi connectivity index (χ2v) is 4.21. The first kappa shape index (κ1) is 11.3. The van der Waals surface area contributed by atoms with Crippen LogP contribution in [0.25, 0.3) is 0 Å². The number of hydrogen-bond donors (Lipinski definition) is 1. The van der Waals surface area contributed by atoms with E-state index in [0.29, 0.717) is 0 Å². The Bertz CT molecular complexity index is 321. The summed E-state index contributed by atoms with van der Waals surface area (Å²) in [7, 11) is 4.11. The van der Waals surface area contributed by atoms with Crippen molar-refractivity contribution in [2.45, 2.75) is 6.54 Å². The summed E-state index contributed by atoms with van der Waals surface area (Å²) in [6.07, 6.45) is 1.70. The van der Waals surface area contributed by atoms with Crippen LogP contribution in [0.3, 0.4) is 0 Å². The van der Waals surface area contributed by atoms with E-state index in [-0.39, 0.29) is 0 Å². The van der Waals surface area contributed by atoms with Crippen molar-refractivity contribution < 1.29 is 0 Å². The van der Waals surface area contributed by atoms with Gasteiger partial charge in [-0.1, -0.05) is 28.6 Å². The lowest BCUT2D eigenvalue weighted by atomic mass is 10.1. The van der Waals surface area contributed by atoms with Crippen LogP contribution in [0, 0.1) is 0 Å². The molecular formula is C11H15BrN2. The average molecular weight is 255 g/mol. The molecule has 0 aliphatic rings. The van der Waals surface area contributed by atoms with Crippen molar-refractivity contribution in [1.29, 1.82) is 0 Å². The molecule has 0 aromatic heterocycles. The Morgan fingerprint density at radius 2 is 2.21 bits per heavy atom. The molecule has 0 unspecified atom stereocenters. The predicted octanol–water partition coefficient (Wildman–Crippen LogP) is 3.07. The van der Waals surface area contributed by atoms with Gasteiger partial charge >= 0.3 is 0 Å². The van der Waals surface area contributed by atoms with Crippen LogP contribution in [0.15, 0.2) is 35.5 Å². The molecule has 0 bridgehead atoms. The summed E-state index contributed by atoms with van der Waals surface area (Å²) in [5.41, 5.74) is 2.35. The highest BCUT2D eigenvalue weighted by atomic mass is 79.9. The van der Waals surface area contributed by atoms with Crippen LogP contribution >= 0.6 is 15.9 Å². The number of benzene rings is 1. The van der Waals surface area contributed by atoms with Gasteiger partial charge in [-0.05, 0) is 32.4 Å². The van der Waals surface area contributed by atoms with Gasteiger partial charge in [-0.25, -0.2) is 0 Å². The van der Waals surface area contributed by atoms with Crippen LogP contribution in [-0.4, -0.2) is 19.0 Å². The first-order valence-corrected chi connectivity index (χ1v) is 5.24. The van der Waals surface area contributed by atoms with Crippen molar-refractivity contribution in [3.63, 3.8) is 0 Å². The zero-order valence-corrected chi connectivity index (χ0v) is 10.1. The van der Waals surface area contributed by atoms with Crippen molar-refractivity contribution in [2.75, 3.05) is 19.4 Å². The lowest BCUT2D eigenvalue weighted by Gasteiger charge is -2.15. The third-order valence-corrected chi connectivity index (χ3v) is 2.59. The fourth-order valence-electron chi connectivity index (χ4n) is 1.28. The molecule has 0 fully saturated rings. The first-order chi connectivity index (χ1) is 6.65. The summed E-state index contributed by atoms with van der Waals surface area (Å²) >= 11 is 3.54. The molecule has 1 N–H and O–H groups in total. The summed E-state index contributed by atoms with van der Waals surface area (Å²) < 4.78 is 1.12. The molecule has 3 heteroatoms. The van der Waals surface area contributed by atoms with Crippen LogP contribution in [0.1, 0.15) is 5.56 Å². The van der Waals surface area contributed by atoms with Gasteiger partial charge in [-0.15, -0.1) is 0 Å². The average Bonchev–Trinajstić information content (AvgIpc) is 2.11. The number of halogens is 1. The summed E-state index contributed by atoms with van der Waals surface area (Å²) in [6.45, 7) is 4.57. The molecule has 0 heterocycles. The van der Waals surface area contributed by atoms with Gasteiger partial charge in [0.25, 0.3) is 0 Å². The highest BCUT2D eigenvalue weighted by molar-refractivity contribution is 9.10. The third kappa shape index (κ3) is 2.86. The minimum Gasteiger partial charge on any atom is -0.362 e. The van der Waals surface area contributed by atoms with E-state index in [9.17, 15) is 0 Å². The van der Waals surface area contributed by atoms with Gasteiger partial charge in [-0.3, -0.25) is 0 Å². The SMILES string of the molecule is C=CNc1cccc(Br)c1CN(C)C. The van der Waals surface area contributed by atoms with E-state index >= 15 is 0 Å². The highest BCUT2D eigenvalue weighted by Gasteiger charge is 2.06. The van der Waals surface area contributed by atoms with E-state index < -0.39 is 0 Å². The molecule has 0 aliphatic heterocycles. The van der Waals surface area contributed by atoms with E-state index in [1.807, 2.05) is 18.2 Å². The van der Waals surface area contributed by atoms with E-state index in [1.54, 1.807) is 6.20 Å². The maximum atomic E-state index is 3.67. The molecule has 76 valence electrons. The van der Waals surface area contributed by atoms with Gasteiger partial charge in [0, 0.05) is 22.3 Å². The second kappa shape index (κ2) is 5.17. The molecule has 14 heavy (non-hydrogen) atoms. The largest absolute Gasteiger partial charge is 0.362 e. The van der Waals surface area contributed by atoms with Crippen molar-refractivity contribution in [1.82, 2.24) is 4.90 Å². The lowest BCUT2D eigenvalue weighted by Crippen LogP contribution is -2.12. The normalized spacial score (nSPS) is 10.3. The van der Waals surface area contributed by atoms with E-state index in [2.05, 4.69) is 46.8 Å². The molecule has 0 saturated heterocycles. The van der Waals surface area contributed by atoms with Crippen molar-refractivity contribution in [3.8, 4) is 0 Å². The molecule has 0 radical (unpaired) electrons. The molecule has 1 rings (SSSR count). The van der Waals surface area contributed by atoms with Gasteiger partial charge in [0.1, 0.15) is 0 Å². The third-order valence-electron chi connectivity index (χ3n) is 1.85. The summed E-state index contributed by atoms with van der Waals surface area (Å²) in [5.74, 6) is 0. The quantitative estimate of drug-likeness (QED) is 0.889. The smallest absolute Gasteiger partial charge is 0.0436 e. The monoisotopic (exact) mass is 254 g/mol. The molecule has 0 aliphatic carbocycles. The fourth-order valence-corrected chi connectivity index (χ4v) is 1.77. The Balaban J connectivity index is 3.01. The summed E-state index contributed by atoms with van der Waals surface area (Å²) in [4.78, 5) is 2.13. The Morgan fingerprint density at radius 3 is 2.79 bits per heavy atom. The second-order valence-electron chi connectivity index (χ2n) is 3.35. The van der Waals surface area contributed by atoms with E-state index in [4.69, 9.17) is 0 Å². The van der Waals surface area contributed by atoms with Gasteiger partial charge in [-0.2, -0.15) is 0 Å². The minimum atomic E-state index is 0.900. The maximum absolute atomic E-state index is 3.67. The van der Waals surface area contributed by atoms with Gasteiger partial charge in [0.2, 0.25) is 0 Å². The van der Waals surface area contributed by atoms with Crippen molar-refractivity contribution >= 4 is 21.6 Å². The molecule has 1 aromatic carbocycles. The van der Waals surface area contributed by atoms with Gasteiger partial charge < -0.3 is 10.2 Å². The maximum Gasteiger partial charge on any atom is 0.0436 e. The Kier molecular flexibility index (Phi) is 4.17. The summed E-state index contributed by atoms with van der Waals surface area (Å²) in [5, 5.41) is 3.13. The number of nitrogens with one attached hydrogen (secondary N) is 1. The van der Waals surface area contributed by atoms with Crippen LogP contribution in [0.2, 0.25) is 0 Å². The minimum absolute atomic E-state index is 0.900. The van der Waals surface area contributed by atoms with Crippen molar-refractivity contribution in [3.05, 3.63) is 41.0 Å². The Morgan fingerprint density at radius 1 is 1.50 bits per heavy atom. The standard InChI is InChI=1S/C11H15BrN2/c1-4-13-11-7-5-6-10(12)9(11)8-14(2)3/h4-7,13H,1,8H2,2-3H3. The predicted molar refractivity (Wildman–Crippen MR) is 65.4 cm³/mol. The van der Waals surface area contributed by atoms with E-state index in [1.165, 1.54) is 5.56 Å². The number of rotatable bonds is 4. The molecule has 1 aromatic rings. The molecule has 0 amide bonds. The first-order valence-electron chi connectivity index (χ1n) is 4.44. The number of anilines is 1. The zero-order valence-electron chi connectivity index (χ0n) is 8.55. The molecule has 0 atom stereocenters. The lowest BCUT2D eigenvalue weighted by molar-refractivity contribution is 0.402. The van der Waals surface area contributed by atoms with Crippen LogP contribution < -0.4 is 5.32 Å². The number of hydrogen-bond acceptors (Lipinski definition) is 2. The molecule has 2 nitrogen and oxygen atoms in total. The zero-order chi connectivity index (χ0) is 10.6. The van der Waals surface area contributed by atoms with Gasteiger partial charge in [0.05, 0.1) is 0 Å². The highest BCUT2D eigenvalue weighted by Crippen LogP contribution is 2.25. The van der Waals surface area contributed by atoms with Crippen LogP contribution in [-0.2, 0) is 6.54 Å². The fraction of sp³-hybridized carbons (Fsp3) is 0.273. The molecule has 0 spiro atoms. The van der Waals surface area contributed by atoms with Crippen LogP contribution in [0.4, 0.5) is 5.69 Å². The topological polar surface area (TPSA) is 15.3 Å². The summed E-state index contributed by atoms with van der Waals surface area (Å²) in [6, 6.07) is 6.10. The van der Waals surface area contributed by atoms with Crippen molar-refractivity contribution in [2.24, 2.45) is 0 Å². The Hall–Kier alpha value is -0.800.